The van der Waals surface area contributed by atoms with Crippen LogP contribution < -0.4 is 11.1 Å². The molecule has 2 heterocycles. The Kier molecular flexibility index (Phi) is 4.85. The van der Waals surface area contributed by atoms with Crippen molar-refractivity contribution >= 4 is 17.2 Å². The molecule has 4 nitrogen and oxygen atoms in total. The van der Waals surface area contributed by atoms with Gasteiger partial charge in [0.2, 0.25) is 5.91 Å². The molecule has 116 valence electrons. The van der Waals surface area contributed by atoms with Crippen LogP contribution in [0.25, 0.3) is 0 Å². The van der Waals surface area contributed by atoms with Crippen molar-refractivity contribution in [2.45, 2.75) is 38.3 Å². The van der Waals surface area contributed by atoms with Gasteiger partial charge in [0.1, 0.15) is 0 Å². The number of amides is 1. The standard InChI is InChI=1S/C17H21N3OS/c18-17(21)13-9-14(22-11-13)10-20-16(12-5-1-2-6-12)15-7-3-4-8-19-15/h3-4,7-9,11-12,16,20H,1-2,5-6,10H2,(H2,18,21)/t16-/m1/s1. The molecule has 0 unspecified atom stereocenters. The molecule has 0 radical (unpaired) electrons. The van der Waals surface area contributed by atoms with Crippen LogP contribution in [0.1, 0.15) is 52.7 Å². The monoisotopic (exact) mass is 315 g/mol. The number of nitrogens with zero attached hydrogens (tertiary/aromatic N) is 1. The summed E-state index contributed by atoms with van der Waals surface area (Å²) in [7, 11) is 0. The fourth-order valence-electron chi connectivity index (χ4n) is 3.18. The lowest BCUT2D eigenvalue weighted by Gasteiger charge is -2.24. The highest BCUT2D eigenvalue weighted by Crippen LogP contribution is 2.35. The Balaban J connectivity index is 1.71. The van der Waals surface area contributed by atoms with E-state index in [1.165, 1.54) is 25.7 Å². The number of nitrogens with two attached hydrogens (primary N) is 1. The molecule has 2 aromatic rings. The van der Waals surface area contributed by atoms with Gasteiger partial charge in [-0.1, -0.05) is 18.9 Å². The van der Waals surface area contributed by atoms with Gasteiger partial charge in [-0.15, -0.1) is 11.3 Å². The first kappa shape index (κ1) is 15.2. The number of primary amides is 1. The molecule has 1 amide bonds. The summed E-state index contributed by atoms with van der Waals surface area (Å²) in [6, 6.07) is 8.25. The molecule has 2 aromatic heterocycles. The molecule has 22 heavy (non-hydrogen) atoms. The predicted octanol–water partition coefficient (Wildman–Crippen LogP) is 3.26. The Bertz CT molecular complexity index is 620. The third-order valence-electron chi connectivity index (χ3n) is 4.31. The highest BCUT2D eigenvalue weighted by atomic mass is 32.1. The van der Waals surface area contributed by atoms with E-state index in [0.29, 0.717) is 11.5 Å². The number of carbonyl (C=O) groups is 1. The van der Waals surface area contributed by atoms with E-state index in [1.807, 2.05) is 29.8 Å². The van der Waals surface area contributed by atoms with Gasteiger partial charge in [-0.05, 0) is 37.0 Å². The summed E-state index contributed by atoms with van der Waals surface area (Å²) in [5, 5.41) is 5.47. The average molecular weight is 315 g/mol. The summed E-state index contributed by atoms with van der Waals surface area (Å²) >= 11 is 1.57. The Hall–Kier alpha value is -1.72. The van der Waals surface area contributed by atoms with Crippen LogP contribution in [0.2, 0.25) is 0 Å². The van der Waals surface area contributed by atoms with Gasteiger partial charge < -0.3 is 11.1 Å². The minimum Gasteiger partial charge on any atom is -0.366 e. The lowest BCUT2D eigenvalue weighted by molar-refractivity contribution is 0.100. The van der Waals surface area contributed by atoms with Gasteiger partial charge in [-0.25, -0.2) is 0 Å². The van der Waals surface area contributed by atoms with Gasteiger partial charge in [0.15, 0.2) is 0 Å². The molecule has 0 spiro atoms. The summed E-state index contributed by atoms with van der Waals surface area (Å²) in [6.07, 6.45) is 6.98. The smallest absolute Gasteiger partial charge is 0.249 e. The van der Waals surface area contributed by atoms with Crippen molar-refractivity contribution in [2.75, 3.05) is 0 Å². The molecule has 0 saturated heterocycles. The maximum atomic E-state index is 11.2. The Morgan fingerprint density at radius 3 is 2.86 bits per heavy atom. The van der Waals surface area contributed by atoms with E-state index in [-0.39, 0.29) is 11.9 Å². The van der Waals surface area contributed by atoms with Crippen LogP contribution >= 0.6 is 11.3 Å². The SMILES string of the molecule is NC(=O)c1csc(CN[C@@H](c2ccccn2)C2CCCC2)c1. The fraction of sp³-hybridized carbons (Fsp3) is 0.412. The molecule has 1 saturated carbocycles. The molecule has 0 aliphatic heterocycles. The third-order valence-corrected chi connectivity index (χ3v) is 5.25. The van der Waals surface area contributed by atoms with Gasteiger partial charge in [-0.3, -0.25) is 9.78 Å². The fourth-order valence-corrected chi connectivity index (χ4v) is 4.00. The van der Waals surface area contributed by atoms with E-state index in [9.17, 15) is 4.79 Å². The summed E-state index contributed by atoms with van der Waals surface area (Å²) in [5.41, 5.74) is 7.02. The molecule has 0 aromatic carbocycles. The van der Waals surface area contributed by atoms with Crippen molar-refractivity contribution in [3.05, 3.63) is 52.0 Å². The van der Waals surface area contributed by atoms with E-state index in [4.69, 9.17) is 5.73 Å². The third kappa shape index (κ3) is 3.54. The summed E-state index contributed by atoms with van der Waals surface area (Å²) in [6.45, 7) is 0.746. The maximum absolute atomic E-state index is 11.2. The molecule has 1 aliphatic carbocycles. The van der Waals surface area contributed by atoms with Crippen molar-refractivity contribution in [3.8, 4) is 0 Å². The Labute approximate surface area is 134 Å². The van der Waals surface area contributed by atoms with Crippen LogP contribution in [0.5, 0.6) is 0 Å². The second kappa shape index (κ2) is 7.03. The number of rotatable bonds is 6. The number of hydrogen-bond donors (Lipinski definition) is 2. The predicted molar refractivity (Wildman–Crippen MR) is 88.6 cm³/mol. The van der Waals surface area contributed by atoms with Gasteiger partial charge in [-0.2, -0.15) is 0 Å². The normalized spacial score (nSPS) is 16.7. The van der Waals surface area contributed by atoms with Crippen molar-refractivity contribution in [2.24, 2.45) is 11.7 Å². The first-order chi connectivity index (χ1) is 10.7. The minimum atomic E-state index is -0.362. The van der Waals surface area contributed by atoms with Crippen LogP contribution in [0.4, 0.5) is 0 Å². The first-order valence-corrected chi connectivity index (χ1v) is 8.63. The lowest BCUT2D eigenvalue weighted by atomic mass is 9.95. The van der Waals surface area contributed by atoms with E-state index in [2.05, 4.69) is 16.4 Å². The maximum Gasteiger partial charge on any atom is 0.249 e. The van der Waals surface area contributed by atoms with Crippen LogP contribution in [0.3, 0.4) is 0 Å². The first-order valence-electron chi connectivity index (χ1n) is 7.75. The van der Waals surface area contributed by atoms with Crippen LogP contribution in [0, 0.1) is 5.92 Å². The van der Waals surface area contributed by atoms with Gasteiger partial charge in [0, 0.05) is 23.0 Å². The van der Waals surface area contributed by atoms with E-state index in [0.717, 1.165) is 17.1 Å². The lowest BCUT2D eigenvalue weighted by Crippen LogP contribution is -2.27. The van der Waals surface area contributed by atoms with Crippen molar-refractivity contribution < 1.29 is 4.79 Å². The molecule has 5 heteroatoms. The van der Waals surface area contributed by atoms with Gasteiger partial charge >= 0.3 is 0 Å². The number of carbonyl (C=O) groups excluding carboxylic acids is 1. The summed E-state index contributed by atoms with van der Waals surface area (Å²) < 4.78 is 0. The molecule has 1 aliphatic rings. The zero-order valence-electron chi connectivity index (χ0n) is 12.5. The Morgan fingerprint density at radius 1 is 1.41 bits per heavy atom. The van der Waals surface area contributed by atoms with Crippen LogP contribution in [0.15, 0.2) is 35.8 Å². The Morgan fingerprint density at radius 2 is 2.23 bits per heavy atom. The number of nitrogens with one attached hydrogen (secondary N) is 1. The highest BCUT2D eigenvalue weighted by molar-refractivity contribution is 7.10. The van der Waals surface area contributed by atoms with Crippen LogP contribution in [-0.2, 0) is 6.54 Å². The number of aromatic nitrogens is 1. The quantitative estimate of drug-likeness (QED) is 0.859. The molecule has 1 atom stereocenters. The summed E-state index contributed by atoms with van der Waals surface area (Å²) in [4.78, 5) is 16.8. The zero-order valence-corrected chi connectivity index (χ0v) is 13.3. The van der Waals surface area contributed by atoms with Gasteiger partial charge in [0.25, 0.3) is 0 Å². The highest BCUT2D eigenvalue weighted by Gasteiger charge is 2.26. The molecule has 3 N–H and O–H groups in total. The van der Waals surface area contributed by atoms with Crippen molar-refractivity contribution in [1.29, 1.82) is 0 Å². The number of hydrogen-bond acceptors (Lipinski definition) is 4. The van der Waals surface area contributed by atoms with Crippen molar-refractivity contribution in [3.63, 3.8) is 0 Å². The van der Waals surface area contributed by atoms with E-state index < -0.39 is 0 Å². The second-order valence-corrected chi connectivity index (χ2v) is 6.82. The van der Waals surface area contributed by atoms with Crippen molar-refractivity contribution in [1.82, 2.24) is 10.3 Å². The number of pyridine rings is 1. The molecular formula is C17H21N3OS. The minimum absolute atomic E-state index is 0.280. The zero-order chi connectivity index (χ0) is 15.4. The van der Waals surface area contributed by atoms with E-state index in [1.54, 1.807) is 11.3 Å². The van der Waals surface area contributed by atoms with E-state index >= 15 is 0 Å². The topological polar surface area (TPSA) is 68.0 Å². The number of thiophene rings is 1. The molecular weight excluding hydrogens is 294 g/mol. The molecule has 3 rings (SSSR count). The van der Waals surface area contributed by atoms with Gasteiger partial charge in [0.05, 0.1) is 17.3 Å². The molecule has 1 fully saturated rings. The summed E-state index contributed by atoms with van der Waals surface area (Å²) in [5.74, 6) is 0.282. The molecule has 0 bridgehead atoms. The largest absolute Gasteiger partial charge is 0.366 e. The average Bonchev–Trinajstić information content (AvgIpc) is 3.20. The van der Waals surface area contributed by atoms with Crippen LogP contribution in [-0.4, -0.2) is 10.9 Å². The second-order valence-electron chi connectivity index (χ2n) is 5.82.